The van der Waals surface area contributed by atoms with Crippen LogP contribution in [0, 0.1) is 23.2 Å². The maximum atomic E-state index is 13.2. The number of carbonyl (C=O) groups excluding carboxylic acids is 1. The first-order valence-electron chi connectivity index (χ1n) is 14.6. The zero-order chi connectivity index (χ0) is 25.9. The van der Waals surface area contributed by atoms with E-state index in [0.717, 1.165) is 57.2 Å². The van der Waals surface area contributed by atoms with Gasteiger partial charge in [-0.3, -0.25) is 14.6 Å². The zero-order valence-corrected chi connectivity index (χ0v) is 23.1. The molecular formula is C32H39ClN2O3. The highest BCUT2D eigenvalue weighted by molar-refractivity contribution is 6.30. The molecule has 2 aromatic carbocycles. The Morgan fingerprint density at radius 2 is 1.71 bits per heavy atom. The van der Waals surface area contributed by atoms with Crippen molar-refractivity contribution in [2.75, 3.05) is 39.3 Å². The minimum absolute atomic E-state index is 0.00462. The number of esters is 1. The molecule has 2 aromatic rings. The molecular weight excluding hydrogens is 496 g/mol. The number of carbonyl (C=O) groups is 1. The second-order valence-electron chi connectivity index (χ2n) is 12.8. The number of piperazine rings is 1. The quantitative estimate of drug-likeness (QED) is 0.370. The molecule has 2 aliphatic carbocycles. The van der Waals surface area contributed by atoms with Crippen LogP contribution in [0.3, 0.4) is 0 Å². The molecule has 1 spiro atoms. The van der Waals surface area contributed by atoms with Gasteiger partial charge in [-0.25, -0.2) is 0 Å². The Bertz CT molecular complexity index is 1160. The molecule has 3 saturated heterocycles. The predicted octanol–water partition coefficient (Wildman–Crippen LogP) is 5.57. The van der Waals surface area contributed by atoms with E-state index in [1.54, 1.807) is 0 Å². The molecule has 5 fully saturated rings. The summed E-state index contributed by atoms with van der Waals surface area (Å²) in [5.41, 5.74) is 2.93. The molecule has 0 amide bonds. The van der Waals surface area contributed by atoms with E-state index < -0.39 is 0 Å². The first-order chi connectivity index (χ1) is 18.4. The second kappa shape index (κ2) is 9.62. The Labute approximate surface area is 231 Å². The van der Waals surface area contributed by atoms with Gasteiger partial charge < -0.3 is 9.47 Å². The molecule has 7 atom stereocenters. The molecule has 7 rings (SSSR count). The van der Waals surface area contributed by atoms with Gasteiger partial charge in [0.25, 0.3) is 0 Å². The Kier molecular flexibility index (Phi) is 6.35. The minimum atomic E-state index is -0.00462. The van der Waals surface area contributed by atoms with Crippen LogP contribution in [0.1, 0.15) is 56.2 Å². The number of rotatable bonds is 5. The fraction of sp³-hybridized carbons (Fsp3) is 0.594. The molecule has 5 nitrogen and oxygen atoms in total. The van der Waals surface area contributed by atoms with Crippen molar-refractivity contribution in [3.8, 4) is 0 Å². The van der Waals surface area contributed by atoms with Crippen LogP contribution in [-0.2, 0) is 14.3 Å². The SMILES string of the molecule is C[C@]12CCC[C@@]3(CO3)[C@@H]1C[C@@H]1[C@H](CN3CCN([C@@H](c4ccccc4)c4ccc(Cl)cc4)CC3)C(=O)O[C@@H]1C2. The summed E-state index contributed by atoms with van der Waals surface area (Å²) in [4.78, 5) is 18.3. The van der Waals surface area contributed by atoms with E-state index in [2.05, 4.69) is 59.2 Å². The summed E-state index contributed by atoms with van der Waals surface area (Å²) in [5.74, 6) is 0.947. The zero-order valence-electron chi connectivity index (χ0n) is 22.4. The summed E-state index contributed by atoms with van der Waals surface area (Å²) in [5, 5.41) is 0.766. The second-order valence-corrected chi connectivity index (χ2v) is 13.2. The van der Waals surface area contributed by atoms with Gasteiger partial charge in [0.05, 0.1) is 24.2 Å². The molecule has 6 heteroatoms. The van der Waals surface area contributed by atoms with Crippen molar-refractivity contribution < 1.29 is 14.3 Å². The van der Waals surface area contributed by atoms with Crippen molar-refractivity contribution in [1.29, 1.82) is 0 Å². The van der Waals surface area contributed by atoms with Gasteiger partial charge in [0.15, 0.2) is 0 Å². The fourth-order valence-corrected chi connectivity index (χ4v) is 8.67. The molecule has 0 N–H and O–H groups in total. The number of benzene rings is 2. The lowest BCUT2D eigenvalue weighted by molar-refractivity contribution is -0.147. The summed E-state index contributed by atoms with van der Waals surface area (Å²) in [6.07, 6.45) is 5.88. The largest absolute Gasteiger partial charge is 0.462 e. The van der Waals surface area contributed by atoms with Crippen molar-refractivity contribution in [2.24, 2.45) is 23.2 Å². The van der Waals surface area contributed by atoms with E-state index in [9.17, 15) is 4.79 Å². The molecule has 0 aromatic heterocycles. The first-order valence-corrected chi connectivity index (χ1v) is 14.9. The average molecular weight is 535 g/mol. The number of ether oxygens (including phenoxy) is 2. The standard InChI is InChI=1S/C32H39ClN2O3/c1-31-12-5-13-32(21-37-32)28(31)18-25-26(30(36)38-27(25)19-31)20-34-14-16-35(17-15-34)29(22-6-3-2-4-7-22)23-8-10-24(33)11-9-23/h2-4,6-11,25-29H,5,12-21H2,1H3/t25-,26+,27-,28-,29+,31-,32-/m1/s1. The average Bonchev–Trinajstić information content (AvgIpc) is 3.63. The smallest absolute Gasteiger partial charge is 0.310 e. The van der Waals surface area contributed by atoms with Crippen molar-refractivity contribution in [2.45, 2.75) is 56.8 Å². The highest BCUT2D eigenvalue weighted by Crippen LogP contribution is 2.62. The molecule has 3 heterocycles. The monoisotopic (exact) mass is 534 g/mol. The highest BCUT2D eigenvalue weighted by Gasteiger charge is 2.65. The lowest BCUT2D eigenvalue weighted by atomic mass is 9.53. The van der Waals surface area contributed by atoms with Gasteiger partial charge in [-0.15, -0.1) is 0 Å². The number of epoxide rings is 1. The summed E-state index contributed by atoms with van der Waals surface area (Å²) < 4.78 is 12.2. The molecule has 5 aliphatic rings. The number of fused-ring (bicyclic) bond motifs is 3. The number of hydrogen-bond acceptors (Lipinski definition) is 5. The van der Waals surface area contributed by atoms with Gasteiger partial charge in [0.2, 0.25) is 0 Å². The molecule has 2 saturated carbocycles. The van der Waals surface area contributed by atoms with Gasteiger partial charge in [-0.2, -0.15) is 0 Å². The molecule has 38 heavy (non-hydrogen) atoms. The maximum Gasteiger partial charge on any atom is 0.310 e. The lowest BCUT2D eigenvalue weighted by Gasteiger charge is -2.51. The van der Waals surface area contributed by atoms with Crippen LogP contribution in [0.15, 0.2) is 54.6 Å². The van der Waals surface area contributed by atoms with Crippen molar-refractivity contribution in [3.63, 3.8) is 0 Å². The number of nitrogens with zero attached hydrogens (tertiary/aromatic N) is 2. The third-order valence-corrected chi connectivity index (χ3v) is 10.9. The number of hydrogen-bond donors (Lipinski definition) is 0. The van der Waals surface area contributed by atoms with Crippen LogP contribution in [-0.4, -0.2) is 66.8 Å². The summed E-state index contributed by atoms with van der Waals surface area (Å²) >= 11 is 6.21. The van der Waals surface area contributed by atoms with E-state index in [4.69, 9.17) is 21.1 Å². The van der Waals surface area contributed by atoms with E-state index in [1.807, 2.05) is 12.1 Å². The van der Waals surface area contributed by atoms with E-state index >= 15 is 0 Å². The van der Waals surface area contributed by atoms with Crippen LogP contribution in [0.2, 0.25) is 5.02 Å². The summed E-state index contributed by atoms with van der Waals surface area (Å²) in [7, 11) is 0. The van der Waals surface area contributed by atoms with Gasteiger partial charge in [0.1, 0.15) is 6.10 Å². The van der Waals surface area contributed by atoms with Crippen LogP contribution in [0.4, 0.5) is 0 Å². The highest BCUT2D eigenvalue weighted by atomic mass is 35.5. The third-order valence-electron chi connectivity index (χ3n) is 10.6. The van der Waals surface area contributed by atoms with Crippen molar-refractivity contribution in [1.82, 2.24) is 9.80 Å². The van der Waals surface area contributed by atoms with Gasteiger partial charge in [-0.05, 0) is 66.7 Å². The summed E-state index contributed by atoms with van der Waals surface area (Å²) in [6.45, 7) is 8.04. The Hall–Kier alpha value is -1.92. The summed E-state index contributed by atoms with van der Waals surface area (Å²) in [6, 6.07) is 19.2. The molecule has 0 unspecified atom stereocenters. The number of halogens is 1. The van der Waals surface area contributed by atoms with Crippen molar-refractivity contribution >= 4 is 17.6 Å². The topological polar surface area (TPSA) is 45.3 Å². The normalized spacial score (nSPS) is 37.9. The van der Waals surface area contributed by atoms with Crippen LogP contribution in [0.25, 0.3) is 0 Å². The molecule has 3 aliphatic heterocycles. The van der Waals surface area contributed by atoms with E-state index in [0.29, 0.717) is 11.8 Å². The van der Waals surface area contributed by atoms with E-state index in [-0.39, 0.29) is 35.0 Å². The molecule has 0 radical (unpaired) electrons. The minimum Gasteiger partial charge on any atom is -0.462 e. The Morgan fingerprint density at radius 1 is 1.00 bits per heavy atom. The van der Waals surface area contributed by atoms with Crippen molar-refractivity contribution in [3.05, 3.63) is 70.7 Å². The van der Waals surface area contributed by atoms with Crippen LogP contribution >= 0.6 is 11.6 Å². The predicted molar refractivity (Wildman–Crippen MR) is 148 cm³/mol. The Balaban J connectivity index is 1.04. The van der Waals surface area contributed by atoms with Gasteiger partial charge >= 0.3 is 5.97 Å². The van der Waals surface area contributed by atoms with Gasteiger partial charge in [0, 0.05) is 43.7 Å². The lowest BCUT2D eigenvalue weighted by Crippen LogP contribution is -2.52. The molecule has 202 valence electrons. The fourth-order valence-electron chi connectivity index (χ4n) is 8.54. The van der Waals surface area contributed by atoms with E-state index in [1.165, 1.54) is 30.4 Å². The van der Waals surface area contributed by atoms with Crippen LogP contribution in [0.5, 0.6) is 0 Å². The van der Waals surface area contributed by atoms with Gasteiger partial charge in [-0.1, -0.05) is 61.0 Å². The molecule has 0 bridgehead atoms. The third kappa shape index (κ3) is 4.40. The first kappa shape index (κ1) is 25.1. The Morgan fingerprint density at radius 3 is 2.42 bits per heavy atom. The maximum absolute atomic E-state index is 13.2. The van der Waals surface area contributed by atoms with Crippen LogP contribution < -0.4 is 0 Å².